The maximum atomic E-state index is 13.7. The van der Waals surface area contributed by atoms with E-state index in [0.29, 0.717) is 36.8 Å². The number of amides is 1. The molecule has 2 aliphatic heterocycles. The quantitative estimate of drug-likeness (QED) is 0.588. The van der Waals surface area contributed by atoms with Crippen LogP contribution < -0.4 is 14.4 Å². The molecular formula is C24H27N3O4S. The average molecular weight is 454 g/mol. The van der Waals surface area contributed by atoms with E-state index in [2.05, 4.69) is 30.9 Å². The number of carbonyl (C=O) groups excluding carboxylic acids is 1. The Morgan fingerprint density at radius 2 is 1.78 bits per heavy atom. The van der Waals surface area contributed by atoms with E-state index in [1.165, 1.54) is 5.56 Å². The number of benzene rings is 2. The molecule has 3 aromatic rings. The van der Waals surface area contributed by atoms with Crippen molar-refractivity contribution in [1.82, 2.24) is 9.88 Å². The van der Waals surface area contributed by atoms with Crippen LogP contribution in [0.4, 0.5) is 5.13 Å². The highest BCUT2D eigenvalue weighted by Crippen LogP contribution is 2.35. The van der Waals surface area contributed by atoms with Gasteiger partial charge in [0.15, 0.2) is 16.6 Å². The van der Waals surface area contributed by atoms with Crippen LogP contribution in [0.5, 0.6) is 11.5 Å². The molecule has 0 N–H and O–H groups in total. The van der Waals surface area contributed by atoms with Gasteiger partial charge in [0.05, 0.1) is 23.4 Å². The van der Waals surface area contributed by atoms with Crippen LogP contribution >= 0.6 is 11.3 Å². The molecule has 1 aromatic heterocycles. The van der Waals surface area contributed by atoms with E-state index >= 15 is 0 Å². The second kappa shape index (κ2) is 9.05. The van der Waals surface area contributed by atoms with E-state index < -0.39 is 0 Å². The highest BCUT2D eigenvalue weighted by molar-refractivity contribution is 7.22. The minimum atomic E-state index is -0.0791. The molecule has 2 aliphatic rings. The molecule has 1 fully saturated rings. The van der Waals surface area contributed by atoms with Crippen LogP contribution in [0.3, 0.4) is 0 Å². The Bertz CT molecular complexity index is 1100. The zero-order valence-electron chi connectivity index (χ0n) is 18.4. The lowest BCUT2D eigenvalue weighted by molar-refractivity contribution is 0.0391. The summed E-state index contributed by atoms with van der Waals surface area (Å²) in [6.07, 6.45) is 0. The minimum Gasteiger partial charge on any atom is -0.486 e. The SMILES string of the molecule is Cc1ccc(C)c2sc(N(CCN3CCOCC3)C(=O)c3ccc4c(c3)OCCO4)nc12. The number of morpholine rings is 1. The molecular weight excluding hydrogens is 426 g/mol. The second-order valence-corrected chi connectivity index (χ2v) is 9.12. The predicted octanol–water partition coefficient (Wildman–Crippen LogP) is 3.66. The standard InChI is InChI=1S/C24H27N3O4S/c1-16-3-4-17(2)22-21(16)25-24(32-22)27(8-7-26-9-11-29-12-10-26)23(28)18-5-6-19-20(15-18)31-14-13-30-19/h3-6,15H,7-14H2,1-2H3. The summed E-state index contributed by atoms with van der Waals surface area (Å²) in [5.41, 5.74) is 3.84. The molecule has 0 aliphatic carbocycles. The molecule has 7 nitrogen and oxygen atoms in total. The van der Waals surface area contributed by atoms with Gasteiger partial charge in [0.2, 0.25) is 0 Å². The lowest BCUT2D eigenvalue weighted by Crippen LogP contribution is -2.43. The van der Waals surface area contributed by atoms with E-state index in [1.807, 2.05) is 11.0 Å². The van der Waals surface area contributed by atoms with Crippen molar-refractivity contribution >= 4 is 32.6 Å². The Morgan fingerprint density at radius 1 is 1.03 bits per heavy atom. The van der Waals surface area contributed by atoms with Crippen LogP contribution in [0.2, 0.25) is 0 Å². The van der Waals surface area contributed by atoms with E-state index in [0.717, 1.165) is 53.8 Å². The van der Waals surface area contributed by atoms with Gasteiger partial charge in [0, 0.05) is 31.7 Å². The Kier molecular flexibility index (Phi) is 5.99. The van der Waals surface area contributed by atoms with Gasteiger partial charge in [-0.25, -0.2) is 4.98 Å². The summed E-state index contributed by atoms with van der Waals surface area (Å²) in [7, 11) is 0. The van der Waals surface area contributed by atoms with Crippen molar-refractivity contribution in [2.24, 2.45) is 0 Å². The first-order chi connectivity index (χ1) is 15.6. The third-order valence-corrected chi connectivity index (χ3v) is 7.15. The first-order valence-corrected chi connectivity index (χ1v) is 11.8. The van der Waals surface area contributed by atoms with Gasteiger partial charge in [-0.3, -0.25) is 14.6 Å². The lowest BCUT2D eigenvalue weighted by atomic mass is 10.1. The largest absolute Gasteiger partial charge is 0.486 e. The smallest absolute Gasteiger partial charge is 0.260 e. The van der Waals surface area contributed by atoms with Crippen molar-refractivity contribution < 1.29 is 19.0 Å². The maximum absolute atomic E-state index is 13.7. The summed E-state index contributed by atoms with van der Waals surface area (Å²) in [4.78, 5) is 22.7. The lowest BCUT2D eigenvalue weighted by Gasteiger charge is -2.29. The summed E-state index contributed by atoms with van der Waals surface area (Å²) in [6, 6.07) is 9.60. The molecule has 0 unspecified atom stereocenters. The van der Waals surface area contributed by atoms with E-state index in [1.54, 1.807) is 23.5 Å². The molecule has 0 saturated carbocycles. The zero-order valence-corrected chi connectivity index (χ0v) is 19.2. The number of ether oxygens (including phenoxy) is 3. The highest BCUT2D eigenvalue weighted by Gasteiger charge is 2.25. The van der Waals surface area contributed by atoms with E-state index in [-0.39, 0.29) is 5.91 Å². The maximum Gasteiger partial charge on any atom is 0.260 e. The molecule has 0 bridgehead atoms. The summed E-state index contributed by atoms with van der Waals surface area (Å²) < 4.78 is 17.9. The van der Waals surface area contributed by atoms with Gasteiger partial charge in [-0.15, -0.1) is 0 Å². The number of aromatic nitrogens is 1. The number of carbonyl (C=O) groups is 1. The summed E-state index contributed by atoms with van der Waals surface area (Å²) in [6.45, 7) is 9.72. The van der Waals surface area contributed by atoms with E-state index in [4.69, 9.17) is 19.2 Å². The number of fused-ring (bicyclic) bond motifs is 2. The van der Waals surface area contributed by atoms with Crippen molar-refractivity contribution in [2.75, 3.05) is 57.5 Å². The topological polar surface area (TPSA) is 64.1 Å². The molecule has 1 saturated heterocycles. The van der Waals surface area contributed by atoms with Crippen LogP contribution in [-0.2, 0) is 4.74 Å². The number of nitrogens with zero attached hydrogens (tertiary/aromatic N) is 3. The van der Waals surface area contributed by atoms with Gasteiger partial charge in [-0.1, -0.05) is 23.5 Å². The van der Waals surface area contributed by atoms with Crippen LogP contribution in [0.1, 0.15) is 21.5 Å². The molecule has 1 amide bonds. The van der Waals surface area contributed by atoms with Gasteiger partial charge in [-0.2, -0.15) is 0 Å². The van der Waals surface area contributed by atoms with Gasteiger partial charge in [0.1, 0.15) is 13.2 Å². The third-order valence-electron chi connectivity index (χ3n) is 5.94. The number of hydrogen-bond donors (Lipinski definition) is 0. The molecule has 2 aromatic carbocycles. The molecule has 0 spiro atoms. The van der Waals surface area contributed by atoms with Gasteiger partial charge < -0.3 is 14.2 Å². The van der Waals surface area contributed by atoms with Crippen LogP contribution in [0.15, 0.2) is 30.3 Å². The number of hydrogen-bond acceptors (Lipinski definition) is 7. The summed E-state index contributed by atoms with van der Waals surface area (Å²) in [5, 5.41) is 0.727. The highest BCUT2D eigenvalue weighted by atomic mass is 32.1. The van der Waals surface area contributed by atoms with E-state index in [9.17, 15) is 4.79 Å². The van der Waals surface area contributed by atoms with Crippen molar-refractivity contribution in [2.45, 2.75) is 13.8 Å². The van der Waals surface area contributed by atoms with Gasteiger partial charge in [-0.05, 0) is 43.2 Å². The van der Waals surface area contributed by atoms with Crippen molar-refractivity contribution in [1.29, 1.82) is 0 Å². The van der Waals surface area contributed by atoms with Crippen LogP contribution in [-0.4, -0.2) is 68.4 Å². The Labute approximate surface area is 191 Å². The fourth-order valence-corrected chi connectivity index (χ4v) is 5.18. The first kappa shape index (κ1) is 21.2. The molecule has 168 valence electrons. The van der Waals surface area contributed by atoms with Crippen molar-refractivity contribution in [3.05, 3.63) is 47.0 Å². The monoisotopic (exact) mass is 453 g/mol. The summed E-state index contributed by atoms with van der Waals surface area (Å²) in [5.74, 6) is 1.22. The Balaban J connectivity index is 1.48. The van der Waals surface area contributed by atoms with Crippen molar-refractivity contribution in [3.63, 3.8) is 0 Å². The fraction of sp³-hybridized carbons (Fsp3) is 0.417. The van der Waals surface area contributed by atoms with Gasteiger partial charge >= 0.3 is 0 Å². The average Bonchev–Trinajstić information content (AvgIpc) is 3.28. The number of anilines is 1. The molecule has 0 radical (unpaired) electrons. The fourth-order valence-electron chi connectivity index (χ4n) is 4.05. The first-order valence-electron chi connectivity index (χ1n) is 11.0. The molecule has 8 heteroatoms. The molecule has 3 heterocycles. The Hall–Kier alpha value is -2.68. The molecule has 5 rings (SSSR count). The summed E-state index contributed by atoms with van der Waals surface area (Å²) >= 11 is 1.58. The van der Waals surface area contributed by atoms with Crippen LogP contribution in [0, 0.1) is 13.8 Å². The molecule has 0 atom stereocenters. The Morgan fingerprint density at radius 3 is 2.56 bits per heavy atom. The number of thiazole rings is 1. The van der Waals surface area contributed by atoms with Gasteiger partial charge in [0.25, 0.3) is 5.91 Å². The van der Waals surface area contributed by atoms with Crippen molar-refractivity contribution in [3.8, 4) is 11.5 Å². The molecule has 32 heavy (non-hydrogen) atoms. The zero-order chi connectivity index (χ0) is 22.1. The predicted molar refractivity (Wildman–Crippen MR) is 125 cm³/mol. The third kappa shape index (κ3) is 4.18. The normalized spacial score (nSPS) is 16.3. The number of rotatable bonds is 5. The minimum absolute atomic E-state index is 0.0791. The van der Waals surface area contributed by atoms with Crippen LogP contribution in [0.25, 0.3) is 10.2 Å². The second-order valence-electron chi connectivity index (χ2n) is 8.14. The number of aryl methyl sites for hydroxylation is 2.